The molecule has 0 fully saturated rings. The molecule has 0 aliphatic heterocycles. The van der Waals surface area contributed by atoms with Gasteiger partial charge in [0, 0.05) is 43.7 Å². The lowest BCUT2D eigenvalue weighted by Crippen LogP contribution is -2.39. The molecule has 1 aromatic heterocycles. The minimum absolute atomic E-state index is 0.178. The summed E-state index contributed by atoms with van der Waals surface area (Å²) in [6.45, 7) is 0.684. The molecule has 244 valence electrons. The topological polar surface area (TPSA) is 62.1 Å². The van der Waals surface area contributed by atoms with E-state index in [-0.39, 0.29) is 12.3 Å². The molecule has 7 aromatic carbocycles. The summed E-state index contributed by atoms with van der Waals surface area (Å²) < 4.78 is 2.57. The van der Waals surface area contributed by atoms with Crippen molar-refractivity contribution >= 4 is 42.9 Å². The van der Waals surface area contributed by atoms with Crippen LogP contribution in [0, 0.1) is 0 Å². The van der Waals surface area contributed by atoms with Gasteiger partial charge in [-0.25, -0.2) is 0 Å². The maximum absolute atomic E-state index is 6.70. The zero-order valence-corrected chi connectivity index (χ0v) is 28.4. The molecule has 0 aliphatic carbocycles. The Morgan fingerprint density at radius 1 is 0.520 bits per heavy atom. The molecule has 2 unspecified atom stereocenters. The number of nitrogens with two attached hydrogens (primary N) is 1. The molecule has 4 nitrogen and oxygen atoms in total. The van der Waals surface area contributed by atoms with Crippen molar-refractivity contribution in [2.75, 3.05) is 5.32 Å². The first-order valence-electron chi connectivity index (χ1n) is 17.0. The molecule has 8 rings (SSSR count). The lowest BCUT2D eigenvalue weighted by molar-refractivity contribution is 0.386. The fraction of sp³-hybridized carbons (Fsp3) is 0.0667. The van der Waals surface area contributed by atoms with Crippen LogP contribution in [-0.4, -0.2) is 0 Å². The molecule has 50 heavy (non-hydrogen) atoms. The van der Waals surface area contributed by atoms with E-state index in [9.17, 15) is 0 Å². The van der Waals surface area contributed by atoms with Crippen molar-refractivity contribution in [1.29, 1.82) is 0 Å². The molecular weight excluding hydrogens is 629 g/mol. The normalized spacial score (nSPS) is 12.6. The fourth-order valence-corrected chi connectivity index (χ4v) is 7.65. The summed E-state index contributed by atoms with van der Waals surface area (Å²) in [5, 5.41) is 13.7. The van der Waals surface area contributed by atoms with Gasteiger partial charge in [-0.2, -0.15) is 0 Å². The Balaban J connectivity index is 1.06. The van der Waals surface area contributed by atoms with E-state index >= 15 is 0 Å². The number of hydrogen-bond acceptors (Lipinski definition) is 5. The van der Waals surface area contributed by atoms with E-state index < -0.39 is 0 Å². The average molecular weight is 667 g/mol. The van der Waals surface area contributed by atoms with Crippen LogP contribution < -0.4 is 21.7 Å². The van der Waals surface area contributed by atoms with Gasteiger partial charge in [0.05, 0.1) is 12.3 Å². The predicted octanol–water partition coefficient (Wildman–Crippen LogP) is 11.2. The van der Waals surface area contributed by atoms with Crippen LogP contribution in [0.15, 0.2) is 176 Å². The third-order valence-corrected chi connectivity index (χ3v) is 10.3. The molecule has 5 heteroatoms. The second-order valence-electron chi connectivity index (χ2n) is 12.5. The zero-order chi connectivity index (χ0) is 33.7. The van der Waals surface area contributed by atoms with Gasteiger partial charge >= 0.3 is 0 Å². The van der Waals surface area contributed by atoms with Gasteiger partial charge in [0.15, 0.2) is 0 Å². The van der Waals surface area contributed by atoms with E-state index in [2.05, 4.69) is 168 Å². The van der Waals surface area contributed by atoms with Crippen molar-refractivity contribution in [2.45, 2.75) is 18.9 Å². The maximum atomic E-state index is 6.70. The first kappa shape index (κ1) is 31.7. The molecule has 0 saturated heterocycles. The van der Waals surface area contributed by atoms with Crippen LogP contribution >= 0.6 is 11.3 Å². The van der Waals surface area contributed by atoms with Gasteiger partial charge < -0.3 is 11.1 Å². The summed E-state index contributed by atoms with van der Waals surface area (Å²) in [5.41, 5.74) is 16.9. The Morgan fingerprint density at radius 3 is 1.86 bits per heavy atom. The number of hydrogen-bond donors (Lipinski definition) is 4. The molecule has 0 amide bonds. The van der Waals surface area contributed by atoms with E-state index in [1.807, 2.05) is 35.6 Å². The van der Waals surface area contributed by atoms with Crippen LogP contribution in [0.3, 0.4) is 0 Å². The minimum Gasteiger partial charge on any atom is -0.355 e. The average Bonchev–Trinajstić information content (AvgIpc) is 3.55. The minimum atomic E-state index is -0.339. The number of thiophene rings is 1. The second-order valence-corrected chi connectivity index (χ2v) is 13.6. The molecule has 0 aliphatic rings. The molecule has 0 bridgehead atoms. The number of anilines is 2. The Hall–Kier alpha value is -5.56. The van der Waals surface area contributed by atoms with Crippen LogP contribution in [0.5, 0.6) is 0 Å². The summed E-state index contributed by atoms with van der Waals surface area (Å²) in [6, 6.07) is 61.9. The molecule has 8 aromatic rings. The standard InChI is InChI=1S/C45H38N4S/c46-44(35-16-8-3-9-17-35)49-45(47-30-31-20-22-33(23-21-31)32-12-4-1-5-13-32)36-24-26-37(27-25-36)48-41-29-43-40(38-18-10-11-19-42(38)50-43)28-39(41)34-14-6-2-7-15-34/h1-29,44-45,47-49H,30,46H2. The van der Waals surface area contributed by atoms with E-state index in [4.69, 9.17) is 5.73 Å². The predicted molar refractivity (Wildman–Crippen MR) is 212 cm³/mol. The Morgan fingerprint density at radius 2 is 1.14 bits per heavy atom. The number of nitrogens with one attached hydrogen (secondary N) is 3. The lowest BCUT2D eigenvalue weighted by Gasteiger charge is -2.26. The van der Waals surface area contributed by atoms with Crippen molar-refractivity contribution < 1.29 is 0 Å². The number of rotatable bonds is 11. The Bertz CT molecular complexity index is 2320. The van der Waals surface area contributed by atoms with Crippen LogP contribution in [-0.2, 0) is 6.54 Å². The largest absolute Gasteiger partial charge is 0.355 e. The third kappa shape index (κ3) is 6.95. The molecule has 0 radical (unpaired) electrons. The number of fused-ring (bicyclic) bond motifs is 3. The van der Waals surface area contributed by atoms with Gasteiger partial charge in [-0.1, -0.05) is 146 Å². The summed E-state index contributed by atoms with van der Waals surface area (Å²) in [4.78, 5) is 0. The maximum Gasteiger partial charge on any atom is 0.0852 e. The van der Waals surface area contributed by atoms with Gasteiger partial charge in [0.25, 0.3) is 0 Å². The Kier molecular flexibility index (Phi) is 9.20. The molecule has 5 N–H and O–H groups in total. The molecule has 2 atom stereocenters. The van der Waals surface area contributed by atoms with E-state index in [1.165, 1.54) is 48.0 Å². The highest BCUT2D eigenvalue weighted by molar-refractivity contribution is 7.25. The van der Waals surface area contributed by atoms with E-state index in [0.717, 1.165) is 22.5 Å². The SMILES string of the molecule is NC(NC(NCc1ccc(-c2ccccc2)cc1)c1ccc(Nc2cc3sc4ccccc4c3cc2-c2ccccc2)cc1)c1ccccc1. The van der Waals surface area contributed by atoms with Crippen molar-refractivity contribution in [3.8, 4) is 22.3 Å². The van der Waals surface area contributed by atoms with E-state index in [0.29, 0.717) is 6.54 Å². The first-order chi connectivity index (χ1) is 24.7. The highest BCUT2D eigenvalue weighted by Crippen LogP contribution is 2.41. The third-order valence-electron chi connectivity index (χ3n) is 9.20. The fourth-order valence-electron chi connectivity index (χ4n) is 6.52. The summed E-state index contributed by atoms with van der Waals surface area (Å²) in [5.74, 6) is 0. The zero-order valence-electron chi connectivity index (χ0n) is 27.6. The van der Waals surface area contributed by atoms with Gasteiger partial charge in [0.2, 0.25) is 0 Å². The second kappa shape index (κ2) is 14.5. The van der Waals surface area contributed by atoms with Crippen molar-refractivity contribution in [2.24, 2.45) is 5.73 Å². The number of benzene rings is 7. The molecule has 0 saturated carbocycles. The van der Waals surface area contributed by atoms with Gasteiger partial charge in [-0.15, -0.1) is 11.3 Å². The first-order valence-corrected chi connectivity index (χ1v) is 17.8. The van der Waals surface area contributed by atoms with Crippen molar-refractivity contribution in [3.63, 3.8) is 0 Å². The molecule has 0 spiro atoms. The quantitative estimate of drug-likeness (QED) is 0.104. The monoisotopic (exact) mass is 666 g/mol. The van der Waals surface area contributed by atoms with E-state index in [1.54, 1.807) is 0 Å². The van der Waals surface area contributed by atoms with Gasteiger partial charge in [0.1, 0.15) is 0 Å². The summed E-state index contributed by atoms with van der Waals surface area (Å²) in [7, 11) is 0. The van der Waals surface area contributed by atoms with Crippen LogP contribution in [0.25, 0.3) is 42.4 Å². The van der Waals surface area contributed by atoms with Crippen LogP contribution in [0.4, 0.5) is 11.4 Å². The van der Waals surface area contributed by atoms with Crippen molar-refractivity contribution in [3.05, 3.63) is 193 Å². The molecular formula is C45H38N4S. The van der Waals surface area contributed by atoms with Crippen LogP contribution in [0.2, 0.25) is 0 Å². The summed E-state index contributed by atoms with van der Waals surface area (Å²) >= 11 is 1.84. The highest BCUT2D eigenvalue weighted by Gasteiger charge is 2.17. The summed E-state index contributed by atoms with van der Waals surface area (Å²) in [6.07, 6.45) is -0.517. The lowest BCUT2D eigenvalue weighted by atomic mass is 10.0. The van der Waals surface area contributed by atoms with Gasteiger partial charge in [-0.05, 0) is 63.7 Å². The van der Waals surface area contributed by atoms with Crippen LogP contribution in [0.1, 0.15) is 29.0 Å². The van der Waals surface area contributed by atoms with Gasteiger partial charge in [-0.3, -0.25) is 10.6 Å². The highest BCUT2D eigenvalue weighted by atomic mass is 32.1. The Labute approximate surface area is 297 Å². The van der Waals surface area contributed by atoms with Crippen molar-refractivity contribution in [1.82, 2.24) is 10.6 Å². The smallest absolute Gasteiger partial charge is 0.0852 e. The molecule has 1 heterocycles.